The maximum atomic E-state index is 13.1. The average molecular weight is 462 g/mol. The Bertz CT molecular complexity index is 1460. The van der Waals surface area contributed by atoms with Gasteiger partial charge in [0.25, 0.3) is 0 Å². The first-order valence-electron chi connectivity index (χ1n) is 11.4. The van der Waals surface area contributed by atoms with Gasteiger partial charge in [0.15, 0.2) is 11.6 Å². The predicted octanol–water partition coefficient (Wildman–Crippen LogP) is 6.61. The van der Waals surface area contributed by atoms with Crippen LogP contribution in [0.5, 0.6) is 0 Å². The van der Waals surface area contributed by atoms with Crippen LogP contribution in [0.25, 0.3) is 10.8 Å². The number of rotatable bonds is 6. The van der Waals surface area contributed by atoms with Gasteiger partial charge in [-0.15, -0.1) is 5.10 Å². The molecule has 0 saturated carbocycles. The lowest BCUT2D eigenvalue weighted by Crippen LogP contribution is -2.14. The molecule has 0 spiro atoms. The smallest absolute Gasteiger partial charge is 0.327 e. The van der Waals surface area contributed by atoms with Crippen molar-refractivity contribution in [2.45, 2.75) is 20.3 Å². The van der Waals surface area contributed by atoms with Gasteiger partial charge in [-0.2, -0.15) is 0 Å². The standard InChI is InChI=1S/C29H23N3O3/c1-3-20(14-13-19(2)32(29-31-30-18-35-29)23-11-5-4-6-12-23)15-26-27(33)24-16-21-9-7-8-10-22(21)17-25(24)28(26)34/h4-18H,3H2,1-2H3/b19-13+,20-14+. The minimum Gasteiger partial charge on any atom is -0.410 e. The van der Waals surface area contributed by atoms with E-state index < -0.39 is 0 Å². The van der Waals surface area contributed by atoms with Gasteiger partial charge in [0.05, 0.1) is 11.3 Å². The predicted molar refractivity (Wildman–Crippen MR) is 136 cm³/mol. The zero-order chi connectivity index (χ0) is 24.4. The average Bonchev–Trinajstić information content (AvgIpc) is 3.49. The van der Waals surface area contributed by atoms with Crippen LogP contribution >= 0.6 is 0 Å². The molecule has 0 unspecified atom stereocenters. The molecule has 1 aliphatic carbocycles. The molecule has 0 radical (unpaired) electrons. The monoisotopic (exact) mass is 461 g/mol. The highest BCUT2D eigenvalue weighted by molar-refractivity contribution is 6.40. The number of fused-ring (bicyclic) bond motifs is 2. The van der Waals surface area contributed by atoms with E-state index in [0.29, 0.717) is 23.6 Å². The number of carbonyl (C=O) groups is 2. The maximum absolute atomic E-state index is 13.1. The van der Waals surface area contributed by atoms with Gasteiger partial charge in [0.1, 0.15) is 0 Å². The Labute approximate surface area is 202 Å². The van der Waals surface area contributed by atoms with Crippen molar-refractivity contribution < 1.29 is 14.0 Å². The summed E-state index contributed by atoms with van der Waals surface area (Å²) < 4.78 is 5.45. The molecule has 1 aromatic heterocycles. The van der Waals surface area contributed by atoms with E-state index in [0.717, 1.165) is 27.7 Å². The van der Waals surface area contributed by atoms with Crippen LogP contribution in [0.4, 0.5) is 11.7 Å². The highest BCUT2D eigenvalue weighted by atomic mass is 16.4. The molecule has 172 valence electrons. The SMILES string of the molecule is CC/C(C=C1C(=O)c2cc3ccccc3cc2C1=O)=C\C=C(/C)N(c1ccccc1)c1nnco1. The summed E-state index contributed by atoms with van der Waals surface area (Å²) >= 11 is 0. The van der Waals surface area contributed by atoms with E-state index in [2.05, 4.69) is 10.2 Å². The normalized spacial score (nSPS) is 13.9. The molecule has 6 heteroatoms. The first kappa shape index (κ1) is 22.2. The van der Waals surface area contributed by atoms with Gasteiger partial charge in [-0.3, -0.25) is 14.5 Å². The fourth-order valence-corrected chi connectivity index (χ4v) is 4.20. The van der Waals surface area contributed by atoms with Gasteiger partial charge in [-0.25, -0.2) is 0 Å². The van der Waals surface area contributed by atoms with Gasteiger partial charge >= 0.3 is 6.01 Å². The molecular formula is C29H23N3O3. The fraction of sp³-hybridized carbons (Fsp3) is 0.103. The van der Waals surface area contributed by atoms with E-state index in [-0.39, 0.29) is 17.1 Å². The number of Topliss-reactive ketones (excluding diaryl/α,β-unsaturated/α-hetero) is 2. The molecular weight excluding hydrogens is 438 g/mol. The van der Waals surface area contributed by atoms with Crippen molar-refractivity contribution in [2.75, 3.05) is 4.90 Å². The van der Waals surface area contributed by atoms with Gasteiger partial charge in [-0.05, 0) is 66.1 Å². The summed E-state index contributed by atoms with van der Waals surface area (Å²) in [7, 11) is 0. The summed E-state index contributed by atoms with van der Waals surface area (Å²) in [6, 6.07) is 21.4. The van der Waals surface area contributed by atoms with Gasteiger partial charge in [0, 0.05) is 16.8 Å². The van der Waals surface area contributed by atoms with Crippen molar-refractivity contribution >= 4 is 34.0 Å². The molecule has 1 heterocycles. The Balaban J connectivity index is 1.49. The topological polar surface area (TPSA) is 76.3 Å². The molecule has 5 rings (SSSR count). The summed E-state index contributed by atoms with van der Waals surface area (Å²) in [6.45, 7) is 3.92. The Kier molecular flexibility index (Phi) is 5.94. The molecule has 0 fully saturated rings. The van der Waals surface area contributed by atoms with E-state index in [9.17, 15) is 9.59 Å². The zero-order valence-electron chi connectivity index (χ0n) is 19.4. The third-order valence-electron chi connectivity index (χ3n) is 6.05. The Hall–Kier alpha value is -4.58. The quantitative estimate of drug-likeness (QED) is 0.183. The van der Waals surface area contributed by atoms with Crippen molar-refractivity contribution in [2.24, 2.45) is 0 Å². The van der Waals surface area contributed by atoms with Crippen LogP contribution in [-0.2, 0) is 0 Å². The number of hydrogen-bond acceptors (Lipinski definition) is 6. The molecule has 0 atom stereocenters. The van der Waals surface area contributed by atoms with Gasteiger partial charge in [0.2, 0.25) is 6.39 Å². The molecule has 4 aromatic rings. The largest absolute Gasteiger partial charge is 0.410 e. The minimum absolute atomic E-state index is 0.200. The van der Waals surface area contributed by atoms with Crippen LogP contribution in [0.1, 0.15) is 41.0 Å². The number of aromatic nitrogens is 2. The van der Waals surface area contributed by atoms with E-state index in [1.54, 1.807) is 6.08 Å². The Morgan fingerprint density at radius 3 is 2.11 bits per heavy atom. The van der Waals surface area contributed by atoms with Gasteiger partial charge in [-0.1, -0.05) is 60.6 Å². The first-order chi connectivity index (χ1) is 17.1. The minimum atomic E-state index is -0.229. The fourth-order valence-electron chi connectivity index (χ4n) is 4.20. The van der Waals surface area contributed by atoms with Crippen LogP contribution in [0.2, 0.25) is 0 Å². The number of para-hydroxylation sites is 1. The van der Waals surface area contributed by atoms with Crippen LogP contribution in [0, 0.1) is 0 Å². The molecule has 0 amide bonds. The third-order valence-corrected chi connectivity index (χ3v) is 6.05. The van der Waals surface area contributed by atoms with Crippen molar-refractivity contribution in [3.05, 3.63) is 119 Å². The Morgan fingerprint density at radius 2 is 1.54 bits per heavy atom. The molecule has 6 nitrogen and oxygen atoms in total. The Morgan fingerprint density at radius 1 is 0.914 bits per heavy atom. The van der Waals surface area contributed by atoms with E-state index in [4.69, 9.17) is 4.42 Å². The molecule has 0 saturated heterocycles. The number of allylic oxidation sites excluding steroid dienone is 6. The number of carbonyl (C=O) groups excluding carboxylic acids is 2. The second-order valence-corrected chi connectivity index (χ2v) is 8.26. The van der Waals surface area contributed by atoms with Crippen molar-refractivity contribution in [3.8, 4) is 0 Å². The lowest BCUT2D eigenvalue weighted by molar-refractivity contribution is 0.0988. The highest BCUT2D eigenvalue weighted by Crippen LogP contribution is 2.32. The highest BCUT2D eigenvalue weighted by Gasteiger charge is 2.33. The first-order valence-corrected chi connectivity index (χ1v) is 11.4. The van der Waals surface area contributed by atoms with E-state index in [1.807, 2.05) is 97.6 Å². The van der Waals surface area contributed by atoms with Crippen LogP contribution in [-0.4, -0.2) is 21.8 Å². The summed E-state index contributed by atoms with van der Waals surface area (Å²) in [4.78, 5) is 28.1. The van der Waals surface area contributed by atoms with Crippen molar-refractivity contribution in [1.29, 1.82) is 0 Å². The van der Waals surface area contributed by atoms with Crippen molar-refractivity contribution in [1.82, 2.24) is 10.2 Å². The summed E-state index contributed by atoms with van der Waals surface area (Å²) in [5.74, 6) is -0.458. The second kappa shape index (κ2) is 9.35. The summed E-state index contributed by atoms with van der Waals surface area (Å²) in [6.07, 6.45) is 7.47. The van der Waals surface area contributed by atoms with Crippen LogP contribution < -0.4 is 4.90 Å². The number of nitrogens with zero attached hydrogens (tertiary/aromatic N) is 3. The molecule has 3 aromatic carbocycles. The summed E-state index contributed by atoms with van der Waals surface area (Å²) in [5.41, 5.74) is 3.70. The van der Waals surface area contributed by atoms with Crippen molar-refractivity contribution in [3.63, 3.8) is 0 Å². The van der Waals surface area contributed by atoms with E-state index >= 15 is 0 Å². The lowest BCUT2D eigenvalue weighted by Gasteiger charge is -2.20. The zero-order valence-corrected chi connectivity index (χ0v) is 19.4. The molecule has 0 aliphatic heterocycles. The molecule has 35 heavy (non-hydrogen) atoms. The maximum Gasteiger partial charge on any atom is 0.327 e. The summed E-state index contributed by atoms with van der Waals surface area (Å²) in [5, 5.41) is 9.75. The number of anilines is 2. The third kappa shape index (κ3) is 4.22. The molecule has 1 aliphatic rings. The second-order valence-electron chi connectivity index (χ2n) is 8.26. The van der Waals surface area contributed by atoms with Crippen LogP contribution in [0.3, 0.4) is 0 Å². The lowest BCUT2D eigenvalue weighted by atomic mass is 10.0. The molecule has 0 bridgehead atoms. The van der Waals surface area contributed by atoms with E-state index in [1.165, 1.54) is 6.39 Å². The molecule has 0 N–H and O–H groups in total. The number of benzene rings is 3. The van der Waals surface area contributed by atoms with Gasteiger partial charge < -0.3 is 4.42 Å². The number of hydrogen-bond donors (Lipinski definition) is 0. The number of ketones is 2. The van der Waals surface area contributed by atoms with Crippen LogP contribution in [0.15, 0.2) is 113 Å².